The number of carbonyl (C=O) groups excluding carboxylic acids is 3. The molecule has 0 rings (SSSR count). The number of hydrogen-bond donors (Lipinski definition) is 1. The smallest absolute Gasteiger partial charge is 0.332 e. The highest BCUT2D eigenvalue weighted by Gasteiger charge is 2.28. The third-order valence-electron chi connectivity index (χ3n) is 3.00. The SMILES string of the molecule is C=CCCC(=O)N(C)C(COCC(=O)NC(C)(C)C)C(=O)OCC#N. The Kier molecular flexibility index (Phi) is 10.1. The highest BCUT2D eigenvalue weighted by Crippen LogP contribution is 2.06. The first-order valence-electron chi connectivity index (χ1n) is 7.91. The van der Waals surface area contributed by atoms with E-state index in [-0.39, 0.29) is 31.4 Å². The lowest BCUT2D eigenvalue weighted by molar-refractivity contribution is -0.156. The summed E-state index contributed by atoms with van der Waals surface area (Å²) < 4.78 is 10.0. The summed E-state index contributed by atoms with van der Waals surface area (Å²) in [4.78, 5) is 37.1. The molecule has 1 atom stereocenters. The number of esters is 1. The van der Waals surface area contributed by atoms with Crippen molar-refractivity contribution in [3.05, 3.63) is 12.7 Å². The summed E-state index contributed by atoms with van der Waals surface area (Å²) in [6.45, 7) is 8.15. The fourth-order valence-electron chi connectivity index (χ4n) is 1.83. The van der Waals surface area contributed by atoms with Gasteiger partial charge in [-0.15, -0.1) is 6.58 Å². The zero-order chi connectivity index (χ0) is 19.5. The minimum Gasteiger partial charge on any atom is -0.449 e. The summed E-state index contributed by atoms with van der Waals surface area (Å²) in [6, 6.07) is 0.657. The largest absolute Gasteiger partial charge is 0.449 e. The zero-order valence-electron chi connectivity index (χ0n) is 15.3. The third-order valence-corrected chi connectivity index (χ3v) is 3.00. The Balaban J connectivity index is 4.76. The van der Waals surface area contributed by atoms with E-state index in [1.54, 1.807) is 12.1 Å². The number of rotatable bonds is 10. The summed E-state index contributed by atoms with van der Waals surface area (Å²) in [6.07, 6.45) is 2.26. The molecular formula is C17H27N3O5. The number of nitriles is 1. The van der Waals surface area contributed by atoms with Crippen LogP contribution in [0.25, 0.3) is 0 Å². The monoisotopic (exact) mass is 353 g/mol. The van der Waals surface area contributed by atoms with Gasteiger partial charge in [0.15, 0.2) is 12.6 Å². The molecule has 0 heterocycles. The Hall–Kier alpha value is -2.40. The molecule has 25 heavy (non-hydrogen) atoms. The number of hydrogen-bond acceptors (Lipinski definition) is 6. The Morgan fingerprint density at radius 1 is 1.36 bits per heavy atom. The van der Waals surface area contributed by atoms with Gasteiger partial charge in [0.2, 0.25) is 11.8 Å². The molecule has 1 N–H and O–H groups in total. The molecule has 0 aliphatic carbocycles. The fraction of sp³-hybridized carbons (Fsp3) is 0.647. The molecule has 0 bridgehead atoms. The van der Waals surface area contributed by atoms with Crippen LogP contribution < -0.4 is 5.32 Å². The second-order valence-corrected chi connectivity index (χ2v) is 6.43. The number of ether oxygens (including phenoxy) is 2. The average Bonchev–Trinajstić information content (AvgIpc) is 2.52. The van der Waals surface area contributed by atoms with E-state index in [0.717, 1.165) is 0 Å². The molecule has 140 valence electrons. The van der Waals surface area contributed by atoms with Gasteiger partial charge in [0.25, 0.3) is 0 Å². The van der Waals surface area contributed by atoms with Gasteiger partial charge in [0.05, 0.1) is 6.61 Å². The number of likely N-dealkylation sites (N-methyl/N-ethyl adjacent to an activating group) is 1. The normalized spacial score (nSPS) is 11.8. The van der Waals surface area contributed by atoms with Gasteiger partial charge in [-0.3, -0.25) is 9.59 Å². The molecule has 0 spiro atoms. The molecule has 8 nitrogen and oxygen atoms in total. The first kappa shape index (κ1) is 22.6. The summed E-state index contributed by atoms with van der Waals surface area (Å²) in [5.74, 6) is -1.38. The molecule has 2 amide bonds. The van der Waals surface area contributed by atoms with Gasteiger partial charge in [-0.1, -0.05) is 6.08 Å². The van der Waals surface area contributed by atoms with Crippen LogP contribution >= 0.6 is 0 Å². The molecule has 0 aromatic rings. The summed E-state index contributed by atoms with van der Waals surface area (Å²) >= 11 is 0. The van der Waals surface area contributed by atoms with E-state index in [0.29, 0.717) is 6.42 Å². The van der Waals surface area contributed by atoms with Crippen molar-refractivity contribution in [1.82, 2.24) is 10.2 Å². The third kappa shape index (κ3) is 10.1. The molecule has 0 fully saturated rings. The van der Waals surface area contributed by atoms with Crippen LogP contribution in [-0.2, 0) is 23.9 Å². The Morgan fingerprint density at radius 2 is 2.00 bits per heavy atom. The van der Waals surface area contributed by atoms with Gasteiger partial charge in [-0.05, 0) is 27.2 Å². The lowest BCUT2D eigenvalue weighted by atomic mass is 10.1. The van der Waals surface area contributed by atoms with Crippen LogP contribution in [0.4, 0.5) is 0 Å². The quantitative estimate of drug-likeness (QED) is 0.459. The van der Waals surface area contributed by atoms with E-state index in [1.807, 2.05) is 20.8 Å². The second-order valence-electron chi connectivity index (χ2n) is 6.43. The van der Waals surface area contributed by atoms with Gasteiger partial charge in [-0.25, -0.2) is 4.79 Å². The number of nitrogens with one attached hydrogen (secondary N) is 1. The first-order chi connectivity index (χ1) is 11.6. The molecular weight excluding hydrogens is 326 g/mol. The average molecular weight is 353 g/mol. The van der Waals surface area contributed by atoms with Gasteiger partial charge in [0.1, 0.15) is 12.7 Å². The molecule has 0 aromatic carbocycles. The van der Waals surface area contributed by atoms with Crippen LogP contribution in [0.1, 0.15) is 33.6 Å². The lowest BCUT2D eigenvalue weighted by Crippen LogP contribution is -2.47. The highest BCUT2D eigenvalue weighted by atomic mass is 16.5. The van der Waals surface area contributed by atoms with Gasteiger partial charge in [-0.2, -0.15) is 5.26 Å². The van der Waals surface area contributed by atoms with Crippen molar-refractivity contribution in [3.8, 4) is 6.07 Å². The Bertz CT molecular complexity index is 519. The maximum absolute atomic E-state index is 12.1. The van der Waals surface area contributed by atoms with Crippen molar-refractivity contribution < 1.29 is 23.9 Å². The van der Waals surface area contributed by atoms with Gasteiger partial charge in [0, 0.05) is 19.0 Å². The van der Waals surface area contributed by atoms with Crippen molar-refractivity contribution in [3.63, 3.8) is 0 Å². The minimum atomic E-state index is -1.03. The summed E-state index contributed by atoms with van der Waals surface area (Å²) in [7, 11) is 1.45. The first-order valence-corrected chi connectivity index (χ1v) is 7.91. The van der Waals surface area contributed by atoms with E-state index in [1.165, 1.54) is 11.9 Å². The molecule has 0 radical (unpaired) electrons. The molecule has 0 aliphatic rings. The van der Waals surface area contributed by atoms with Crippen LogP contribution in [0.5, 0.6) is 0 Å². The van der Waals surface area contributed by atoms with E-state index in [4.69, 9.17) is 14.7 Å². The van der Waals surface area contributed by atoms with Crippen LogP contribution in [0.3, 0.4) is 0 Å². The second kappa shape index (κ2) is 11.2. The molecule has 0 aromatic heterocycles. The predicted octanol–water partition coefficient (Wildman–Crippen LogP) is 0.778. The Morgan fingerprint density at radius 3 is 2.52 bits per heavy atom. The molecule has 0 aliphatic heterocycles. The van der Waals surface area contributed by atoms with Gasteiger partial charge < -0.3 is 19.7 Å². The molecule has 0 saturated carbocycles. The minimum absolute atomic E-state index is 0.187. The molecule has 1 unspecified atom stereocenters. The van der Waals surface area contributed by atoms with Crippen molar-refractivity contribution in [2.45, 2.75) is 45.2 Å². The maximum Gasteiger partial charge on any atom is 0.332 e. The zero-order valence-corrected chi connectivity index (χ0v) is 15.3. The molecule has 8 heteroatoms. The summed E-state index contributed by atoms with van der Waals surface area (Å²) in [5, 5.41) is 11.2. The van der Waals surface area contributed by atoms with Crippen LogP contribution in [-0.4, -0.2) is 61.1 Å². The Labute approximate surface area is 148 Å². The van der Waals surface area contributed by atoms with Gasteiger partial charge >= 0.3 is 5.97 Å². The van der Waals surface area contributed by atoms with Crippen LogP contribution in [0, 0.1) is 11.3 Å². The van der Waals surface area contributed by atoms with Crippen molar-refractivity contribution in [2.24, 2.45) is 0 Å². The number of allylic oxidation sites excluding steroid dienone is 1. The van der Waals surface area contributed by atoms with Crippen LogP contribution in [0.2, 0.25) is 0 Å². The number of nitrogens with zero attached hydrogens (tertiary/aromatic N) is 2. The fourth-order valence-corrected chi connectivity index (χ4v) is 1.83. The highest BCUT2D eigenvalue weighted by molar-refractivity contribution is 5.84. The van der Waals surface area contributed by atoms with Crippen LogP contribution in [0.15, 0.2) is 12.7 Å². The van der Waals surface area contributed by atoms with E-state index in [9.17, 15) is 14.4 Å². The predicted molar refractivity (Wildman–Crippen MR) is 91.3 cm³/mol. The summed E-state index contributed by atoms with van der Waals surface area (Å²) in [5.41, 5.74) is -0.400. The van der Waals surface area contributed by atoms with E-state index < -0.39 is 24.2 Å². The molecule has 0 saturated heterocycles. The van der Waals surface area contributed by atoms with Crippen molar-refractivity contribution >= 4 is 17.8 Å². The topological polar surface area (TPSA) is 109 Å². The van der Waals surface area contributed by atoms with E-state index in [2.05, 4.69) is 11.9 Å². The number of amides is 2. The maximum atomic E-state index is 12.1. The van der Waals surface area contributed by atoms with Crippen molar-refractivity contribution in [1.29, 1.82) is 5.26 Å². The lowest BCUT2D eigenvalue weighted by Gasteiger charge is -2.26. The van der Waals surface area contributed by atoms with Crippen molar-refractivity contribution in [2.75, 3.05) is 26.9 Å². The standard InChI is InChI=1S/C17H27N3O5/c1-6-7-8-15(22)20(5)13(16(23)25-10-9-18)11-24-12-14(21)19-17(2,3)4/h6,13H,1,7-8,10-12H2,2-5H3,(H,19,21). The number of carbonyl (C=O) groups is 3. The van der Waals surface area contributed by atoms with E-state index >= 15 is 0 Å².